The van der Waals surface area contributed by atoms with Gasteiger partial charge in [0.15, 0.2) is 0 Å². The first-order valence-electron chi connectivity index (χ1n) is 10.2. The maximum Gasteiger partial charge on any atom is 0.254 e. The highest BCUT2D eigenvalue weighted by Crippen LogP contribution is 2.21. The van der Waals surface area contributed by atoms with E-state index in [1.807, 2.05) is 50.2 Å². The normalized spacial score (nSPS) is 13.5. The molecule has 1 aliphatic heterocycles. The van der Waals surface area contributed by atoms with Gasteiger partial charge in [-0.05, 0) is 38.8 Å². The first-order chi connectivity index (χ1) is 14.6. The van der Waals surface area contributed by atoms with Gasteiger partial charge in [0.2, 0.25) is 5.88 Å². The first kappa shape index (κ1) is 19.9. The molecule has 3 heterocycles. The standard InChI is InChI=1S/C22H26N6O2/c1-16-19(15-24-28(16)18-8-4-3-5-9-18)22(29)23-10-13-30-21-14-20(25-17(2)26-21)27-11-6-7-12-27/h3-5,8-9,14-15H,6-7,10-13H2,1-2H3,(H,23,29). The van der Waals surface area contributed by atoms with Crippen LogP contribution in [0.25, 0.3) is 5.69 Å². The molecule has 8 nitrogen and oxygen atoms in total. The minimum atomic E-state index is -0.171. The Bertz CT molecular complexity index is 1010. The third-order valence-corrected chi connectivity index (χ3v) is 5.12. The van der Waals surface area contributed by atoms with Crippen molar-refractivity contribution in [2.24, 2.45) is 0 Å². The fraction of sp³-hybridized carbons (Fsp3) is 0.364. The van der Waals surface area contributed by atoms with E-state index in [1.54, 1.807) is 10.9 Å². The summed E-state index contributed by atoms with van der Waals surface area (Å²) >= 11 is 0. The van der Waals surface area contributed by atoms with Gasteiger partial charge >= 0.3 is 0 Å². The molecule has 3 aromatic rings. The number of anilines is 1. The van der Waals surface area contributed by atoms with E-state index in [9.17, 15) is 4.79 Å². The Labute approximate surface area is 175 Å². The van der Waals surface area contributed by atoms with Gasteiger partial charge in [-0.3, -0.25) is 4.79 Å². The highest BCUT2D eigenvalue weighted by molar-refractivity contribution is 5.95. The van der Waals surface area contributed by atoms with Crippen LogP contribution < -0.4 is 15.0 Å². The van der Waals surface area contributed by atoms with Crippen molar-refractivity contribution in [2.45, 2.75) is 26.7 Å². The number of benzene rings is 1. The molecule has 0 atom stereocenters. The van der Waals surface area contributed by atoms with Crippen LogP contribution in [-0.4, -0.2) is 51.9 Å². The number of aromatic nitrogens is 4. The van der Waals surface area contributed by atoms with Crippen molar-refractivity contribution in [2.75, 3.05) is 31.1 Å². The third kappa shape index (κ3) is 4.42. The lowest BCUT2D eigenvalue weighted by molar-refractivity contribution is 0.0946. The number of carbonyl (C=O) groups is 1. The van der Waals surface area contributed by atoms with E-state index in [1.165, 1.54) is 12.8 Å². The lowest BCUT2D eigenvalue weighted by atomic mass is 10.2. The Hall–Kier alpha value is -3.42. The van der Waals surface area contributed by atoms with E-state index in [4.69, 9.17) is 4.74 Å². The van der Waals surface area contributed by atoms with Crippen LogP contribution in [0.5, 0.6) is 5.88 Å². The van der Waals surface area contributed by atoms with Gasteiger partial charge in [0.25, 0.3) is 5.91 Å². The fourth-order valence-electron chi connectivity index (χ4n) is 3.58. The highest BCUT2D eigenvalue weighted by atomic mass is 16.5. The van der Waals surface area contributed by atoms with E-state index < -0.39 is 0 Å². The van der Waals surface area contributed by atoms with Crippen molar-refractivity contribution in [1.29, 1.82) is 0 Å². The van der Waals surface area contributed by atoms with E-state index in [0.29, 0.717) is 30.4 Å². The molecule has 0 spiro atoms. The lowest BCUT2D eigenvalue weighted by Gasteiger charge is -2.17. The van der Waals surface area contributed by atoms with E-state index >= 15 is 0 Å². The van der Waals surface area contributed by atoms with Gasteiger partial charge in [0.1, 0.15) is 18.2 Å². The lowest BCUT2D eigenvalue weighted by Crippen LogP contribution is -2.28. The summed E-state index contributed by atoms with van der Waals surface area (Å²) in [6.45, 7) is 6.48. The fourth-order valence-corrected chi connectivity index (χ4v) is 3.58. The Balaban J connectivity index is 1.32. The molecule has 0 aliphatic carbocycles. The second-order valence-electron chi connectivity index (χ2n) is 7.30. The molecule has 1 aliphatic rings. The smallest absolute Gasteiger partial charge is 0.254 e. The van der Waals surface area contributed by atoms with Crippen molar-refractivity contribution >= 4 is 11.7 Å². The summed E-state index contributed by atoms with van der Waals surface area (Å²) in [6.07, 6.45) is 3.96. The average Bonchev–Trinajstić information content (AvgIpc) is 3.41. The number of nitrogens with zero attached hydrogens (tertiary/aromatic N) is 5. The molecule has 0 radical (unpaired) electrons. The Kier molecular flexibility index (Phi) is 5.92. The minimum Gasteiger partial charge on any atom is -0.476 e. The van der Waals surface area contributed by atoms with E-state index in [-0.39, 0.29) is 5.91 Å². The van der Waals surface area contributed by atoms with Gasteiger partial charge in [-0.2, -0.15) is 10.1 Å². The summed E-state index contributed by atoms with van der Waals surface area (Å²) in [4.78, 5) is 23.6. The van der Waals surface area contributed by atoms with Crippen LogP contribution in [0.2, 0.25) is 0 Å². The monoisotopic (exact) mass is 406 g/mol. The quantitative estimate of drug-likeness (QED) is 0.607. The number of rotatable bonds is 7. The minimum absolute atomic E-state index is 0.171. The Morgan fingerprint density at radius 1 is 1.13 bits per heavy atom. The average molecular weight is 406 g/mol. The molecular weight excluding hydrogens is 380 g/mol. The van der Waals surface area contributed by atoms with Crippen LogP contribution in [0.3, 0.4) is 0 Å². The van der Waals surface area contributed by atoms with Crippen LogP contribution in [-0.2, 0) is 0 Å². The van der Waals surface area contributed by atoms with Crippen molar-refractivity contribution in [3.63, 3.8) is 0 Å². The predicted octanol–water partition coefficient (Wildman–Crippen LogP) is 2.69. The van der Waals surface area contributed by atoms with Crippen LogP contribution in [0.15, 0.2) is 42.6 Å². The molecule has 156 valence electrons. The maximum absolute atomic E-state index is 12.6. The summed E-state index contributed by atoms with van der Waals surface area (Å²) in [5.74, 6) is 1.95. The van der Waals surface area contributed by atoms with Gasteiger partial charge in [-0.1, -0.05) is 18.2 Å². The SMILES string of the molecule is Cc1nc(OCCNC(=O)c2cnn(-c3ccccc3)c2C)cc(N2CCCC2)n1. The Morgan fingerprint density at radius 2 is 1.90 bits per heavy atom. The summed E-state index contributed by atoms with van der Waals surface area (Å²) in [5, 5.41) is 7.23. The van der Waals surface area contributed by atoms with Gasteiger partial charge in [-0.25, -0.2) is 9.67 Å². The summed E-state index contributed by atoms with van der Waals surface area (Å²) < 4.78 is 7.52. The molecule has 2 aromatic heterocycles. The zero-order valence-corrected chi connectivity index (χ0v) is 17.3. The second kappa shape index (κ2) is 8.94. The number of amides is 1. The molecular formula is C22H26N6O2. The zero-order chi connectivity index (χ0) is 20.9. The molecule has 1 fully saturated rings. The van der Waals surface area contributed by atoms with Gasteiger partial charge in [-0.15, -0.1) is 0 Å². The maximum atomic E-state index is 12.6. The molecule has 1 N–H and O–H groups in total. The van der Waals surface area contributed by atoms with Gasteiger partial charge in [0.05, 0.1) is 29.7 Å². The molecule has 4 rings (SSSR count). The number of carbonyl (C=O) groups excluding carboxylic acids is 1. The van der Waals surface area contributed by atoms with Crippen LogP contribution in [0.1, 0.15) is 34.7 Å². The molecule has 1 aromatic carbocycles. The van der Waals surface area contributed by atoms with Crippen LogP contribution >= 0.6 is 0 Å². The largest absolute Gasteiger partial charge is 0.476 e. The van der Waals surface area contributed by atoms with Crippen molar-refractivity contribution < 1.29 is 9.53 Å². The molecule has 0 unspecified atom stereocenters. The number of hydrogen-bond donors (Lipinski definition) is 1. The molecule has 8 heteroatoms. The molecule has 0 saturated carbocycles. The van der Waals surface area contributed by atoms with Crippen LogP contribution in [0.4, 0.5) is 5.82 Å². The zero-order valence-electron chi connectivity index (χ0n) is 17.3. The summed E-state index contributed by atoms with van der Waals surface area (Å²) in [5.41, 5.74) is 2.26. The van der Waals surface area contributed by atoms with Crippen molar-refractivity contribution in [3.8, 4) is 11.6 Å². The van der Waals surface area contributed by atoms with E-state index in [2.05, 4.69) is 25.3 Å². The third-order valence-electron chi connectivity index (χ3n) is 5.12. The first-order valence-corrected chi connectivity index (χ1v) is 10.2. The number of ether oxygens (including phenoxy) is 1. The molecule has 0 bridgehead atoms. The summed E-state index contributed by atoms with van der Waals surface area (Å²) in [7, 11) is 0. The molecule has 1 amide bonds. The highest BCUT2D eigenvalue weighted by Gasteiger charge is 2.16. The van der Waals surface area contributed by atoms with Crippen molar-refractivity contribution in [3.05, 3.63) is 59.7 Å². The van der Waals surface area contributed by atoms with E-state index in [0.717, 1.165) is 30.3 Å². The Morgan fingerprint density at radius 3 is 2.67 bits per heavy atom. The number of nitrogens with one attached hydrogen (secondary N) is 1. The second-order valence-corrected chi connectivity index (χ2v) is 7.30. The van der Waals surface area contributed by atoms with Crippen molar-refractivity contribution in [1.82, 2.24) is 25.1 Å². The summed E-state index contributed by atoms with van der Waals surface area (Å²) in [6, 6.07) is 11.6. The number of para-hydroxylation sites is 1. The van der Waals surface area contributed by atoms with Gasteiger partial charge < -0.3 is 15.0 Å². The predicted molar refractivity (Wildman–Crippen MR) is 114 cm³/mol. The van der Waals surface area contributed by atoms with Gasteiger partial charge in [0, 0.05) is 19.2 Å². The topological polar surface area (TPSA) is 85.2 Å². The molecule has 1 saturated heterocycles. The van der Waals surface area contributed by atoms with Crippen LogP contribution in [0, 0.1) is 13.8 Å². The number of aryl methyl sites for hydroxylation is 1. The number of hydrogen-bond acceptors (Lipinski definition) is 6. The molecule has 30 heavy (non-hydrogen) atoms.